The average molecular weight is 180 g/mol. The molecule has 2 aliphatic rings. The SMILES string of the molecule is CN(CC1(C#N)CC1)C1CC(O)C1. The van der Waals surface area contributed by atoms with Crippen LogP contribution in [0.2, 0.25) is 0 Å². The van der Waals surface area contributed by atoms with Crippen molar-refractivity contribution >= 4 is 0 Å². The Morgan fingerprint density at radius 2 is 2.15 bits per heavy atom. The molecule has 0 heterocycles. The largest absolute Gasteiger partial charge is 0.393 e. The fraction of sp³-hybridized carbons (Fsp3) is 0.900. The summed E-state index contributed by atoms with van der Waals surface area (Å²) in [5.74, 6) is 0. The van der Waals surface area contributed by atoms with Crippen molar-refractivity contribution in [1.29, 1.82) is 5.26 Å². The summed E-state index contributed by atoms with van der Waals surface area (Å²) < 4.78 is 0. The molecule has 3 nitrogen and oxygen atoms in total. The van der Waals surface area contributed by atoms with Crippen molar-refractivity contribution in [2.45, 2.75) is 37.8 Å². The first kappa shape index (κ1) is 8.98. The minimum Gasteiger partial charge on any atom is -0.393 e. The van der Waals surface area contributed by atoms with Gasteiger partial charge in [0, 0.05) is 12.6 Å². The van der Waals surface area contributed by atoms with Crippen LogP contribution >= 0.6 is 0 Å². The van der Waals surface area contributed by atoms with Gasteiger partial charge in [-0.2, -0.15) is 5.26 Å². The molecule has 2 aliphatic carbocycles. The molecule has 0 saturated heterocycles. The van der Waals surface area contributed by atoms with E-state index in [0.29, 0.717) is 6.04 Å². The van der Waals surface area contributed by atoms with Crippen LogP contribution in [0.4, 0.5) is 0 Å². The molecule has 0 radical (unpaired) electrons. The van der Waals surface area contributed by atoms with Crippen molar-refractivity contribution in [2.75, 3.05) is 13.6 Å². The number of nitrogens with zero attached hydrogens (tertiary/aromatic N) is 2. The van der Waals surface area contributed by atoms with Crippen LogP contribution in [0.15, 0.2) is 0 Å². The van der Waals surface area contributed by atoms with Crippen LogP contribution in [-0.4, -0.2) is 35.7 Å². The molecule has 2 saturated carbocycles. The molecule has 0 aromatic heterocycles. The number of nitriles is 1. The van der Waals surface area contributed by atoms with Gasteiger partial charge in [0.25, 0.3) is 0 Å². The molecule has 2 fully saturated rings. The van der Waals surface area contributed by atoms with E-state index in [1.807, 2.05) is 0 Å². The molecule has 2 rings (SSSR count). The van der Waals surface area contributed by atoms with Gasteiger partial charge in [-0.3, -0.25) is 0 Å². The molecule has 72 valence electrons. The second-order valence-corrected chi connectivity index (χ2v) is 4.59. The van der Waals surface area contributed by atoms with E-state index >= 15 is 0 Å². The molecule has 0 bridgehead atoms. The quantitative estimate of drug-likeness (QED) is 0.697. The number of hydrogen-bond acceptors (Lipinski definition) is 3. The van der Waals surface area contributed by atoms with E-state index in [0.717, 1.165) is 32.2 Å². The van der Waals surface area contributed by atoms with Crippen molar-refractivity contribution in [3.8, 4) is 6.07 Å². The Hall–Kier alpha value is -0.590. The highest BCUT2D eigenvalue weighted by Gasteiger charge is 2.45. The third-order valence-electron chi connectivity index (χ3n) is 3.35. The van der Waals surface area contributed by atoms with Gasteiger partial charge in [-0.1, -0.05) is 0 Å². The molecule has 0 amide bonds. The maximum absolute atomic E-state index is 9.15. The van der Waals surface area contributed by atoms with E-state index in [9.17, 15) is 0 Å². The maximum Gasteiger partial charge on any atom is 0.0703 e. The maximum atomic E-state index is 9.15. The molecule has 0 unspecified atom stereocenters. The Labute approximate surface area is 79.0 Å². The van der Waals surface area contributed by atoms with E-state index in [4.69, 9.17) is 10.4 Å². The summed E-state index contributed by atoms with van der Waals surface area (Å²) in [5, 5.41) is 18.1. The lowest BCUT2D eigenvalue weighted by molar-refractivity contribution is 0.00799. The Morgan fingerprint density at radius 1 is 1.54 bits per heavy atom. The number of hydrogen-bond donors (Lipinski definition) is 1. The molecule has 0 aliphatic heterocycles. The first-order valence-electron chi connectivity index (χ1n) is 4.95. The second-order valence-electron chi connectivity index (χ2n) is 4.59. The molecule has 0 aromatic carbocycles. The number of aliphatic hydroxyl groups excluding tert-OH is 1. The van der Waals surface area contributed by atoms with Crippen molar-refractivity contribution in [3.63, 3.8) is 0 Å². The average Bonchev–Trinajstić information content (AvgIpc) is 2.80. The van der Waals surface area contributed by atoms with E-state index < -0.39 is 0 Å². The van der Waals surface area contributed by atoms with Crippen LogP contribution in [0.5, 0.6) is 0 Å². The van der Waals surface area contributed by atoms with E-state index in [-0.39, 0.29) is 11.5 Å². The van der Waals surface area contributed by atoms with E-state index in [1.165, 1.54) is 0 Å². The molecule has 3 heteroatoms. The van der Waals surface area contributed by atoms with Crippen molar-refractivity contribution in [1.82, 2.24) is 4.90 Å². The monoisotopic (exact) mass is 180 g/mol. The van der Waals surface area contributed by atoms with Crippen LogP contribution in [0.25, 0.3) is 0 Å². The van der Waals surface area contributed by atoms with Crippen LogP contribution in [0.3, 0.4) is 0 Å². The first-order valence-corrected chi connectivity index (χ1v) is 4.95. The number of aliphatic hydroxyl groups is 1. The fourth-order valence-electron chi connectivity index (χ4n) is 1.98. The summed E-state index contributed by atoms with van der Waals surface area (Å²) >= 11 is 0. The smallest absolute Gasteiger partial charge is 0.0703 e. The van der Waals surface area contributed by atoms with Crippen molar-refractivity contribution in [3.05, 3.63) is 0 Å². The molecule has 13 heavy (non-hydrogen) atoms. The molecule has 0 atom stereocenters. The highest BCUT2D eigenvalue weighted by atomic mass is 16.3. The zero-order chi connectivity index (χ0) is 9.47. The second kappa shape index (κ2) is 2.97. The van der Waals surface area contributed by atoms with Crippen LogP contribution < -0.4 is 0 Å². The van der Waals surface area contributed by atoms with Gasteiger partial charge < -0.3 is 10.0 Å². The zero-order valence-electron chi connectivity index (χ0n) is 8.03. The summed E-state index contributed by atoms with van der Waals surface area (Å²) in [6, 6.07) is 2.91. The van der Waals surface area contributed by atoms with Crippen LogP contribution in [-0.2, 0) is 0 Å². The molecule has 0 spiro atoms. The Morgan fingerprint density at radius 3 is 2.54 bits per heavy atom. The van der Waals surface area contributed by atoms with Gasteiger partial charge in [-0.25, -0.2) is 0 Å². The molecule has 0 aromatic rings. The van der Waals surface area contributed by atoms with Crippen LogP contribution in [0.1, 0.15) is 25.7 Å². The summed E-state index contributed by atoms with van der Waals surface area (Å²) in [4.78, 5) is 2.24. The standard InChI is InChI=1S/C10H16N2O/c1-12(8-4-9(13)5-8)7-10(6-11)2-3-10/h8-9,13H,2-5,7H2,1H3. The van der Waals surface area contributed by atoms with Gasteiger partial charge in [0.2, 0.25) is 0 Å². The topological polar surface area (TPSA) is 47.3 Å². The van der Waals surface area contributed by atoms with Gasteiger partial charge in [0.15, 0.2) is 0 Å². The molecular weight excluding hydrogens is 164 g/mol. The van der Waals surface area contributed by atoms with E-state index in [1.54, 1.807) is 0 Å². The number of rotatable bonds is 3. The van der Waals surface area contributed by atoms with Gasteiger partial charge in [0.1, 0.15) is 0 Å². The fourth-order valence-corrected chi connectivity index (χ4v) is 1.98. The predicted molar refractivity (Wildman–Crippen MR) is 48.9 cm³/mol. The van der Waals surface area contributed by atoms with Crippen LogP contribution in [0, 0.1) is 16.7 Å². The summed E-state index contributed by atoms with van der Waals surface area (Å²) in [5.41, 5.74) is -0.0324. The van der Waals surface area contributed by atoms with Gasteiger partial charge in [-0.05, 0) is 32.7 Å². The van der Waals surface area contributed by atoms with Gasteiger partial charge in [-0.15, -0.1) is 0 Å². The Kier molecular flexibility index (Phi) is 2.05. The molecule has 1 N–H and O–H groups in total. The third-order valence-corrected chi connectivity index (χ3v) is 3.35. The molecular formula is C10H16N2O. The van der Waals surface area contributed by atoms with Crippen molar-refractivity contribution in [2.24, 2.45) is 5.41 Å². The Bertz CT molecular complexity index is 236. The minimum absolute atomic E-state index is 0.0324. The summed E-state index contributed by atoms with van der Waals surface area (Å²) in [7, 11) is 2.06. The Balaban J connectivity index is 1.79. The first-order chi connectivity index (χ1) is 6.15. The lowest BCUT2D eigenvalue weighted by atomic mass is 9.88. The lowest BCUT2D eigenvalue weighted by Gasteiger charge is -2.39. The third kappa shape index (κ3) is 1.70. The van der Waals surface area contributed by atoms with Gasteiger partial charge >= 0.3 is 0 Å². The van der Waals surface area contributed by atoms with Gasteiger partial charge in [0.05, 0.1) is 17.6 Å². The highest BCUT2D eigenvalue weighted by Crippen LogP contribution is 2.46. The van der Waals surface area contributed by atoms with E-state index in [2.05, 4.69) is 18.0 Å². The van der Waals surface area contributed by atoms with Crippen molar-refractivity contribution < 1.29 is 5.11 Å². The summed E-state index contributed by atoms with van der Waals surface area (Å²) in [6.45, 7) is 0.890. The summed E-state index contributed by atoms with van der Waals surface area (Å²) in [6.07, 6.45) is 3.80. The highest BCUT2D eigenvalue weighted by molar-refractivity contribution is 5.11. The zero-order valence-corrected chi connectivity index (χ0v) is 8.03. The predicted octanol–water partition coefficient (Wildman–Crippen LogP) is 0.745. The lowest BCUT2D eigenvalue weighted by Crippen LogP contribution is -2.47. The normalized spacial score (nSPS) is 35.2. The minimum atomic E-state index is -0.0929.